The van der Waals surface area contributed by atoms with Crippen molar-refractivity contribution in [3.05, 3.63) is 96.3 Å². The summed E-state index contributed by atoms with van der Waals surface area (Å²) in [6, 6.07) is 21.8. The standard InChI is InChI=1S/C28H23I2N3O3/c1-35-26-14-19(13-24(30)27(26)36-17-18-6-8-22(29)9-7-18)12-21(15-31)28(34)32-11-10-20-16-33-25-5-3-2-4-23(20)25/h2-9,12-14,16,33H,10-11,17H2,1H3,(H,32,34)/b21-12-. The number of carbonyl (C=O) groups is 1. The van der Waals surface area contributed by atoms with E-state index in [-0.39, 0.29) is 5.57 Å². The summed E-state index contributed by atoms with van der Waals surface area (Å²) in [5.41, 5.74) is 3.94. The zero-order chi connectivity index (χ0) is 25.5. The molecule has 0 aliphatic rings. The second-order valence-electron chi connectivity index (χ2n) is 7.98. The van der Waals surface area contributed by atoms with Crippen LogP contribution >= 0.6 is 45.2 Å². The number of halogens is 2. The summed E-state index contributed by atoms with van der Waals surface area (Å²) >= 11 is 4.44. The quantitative estimate of drug-likeness (QED) is 0.123. The molecular formula is C28H23I2N3O3. The number of amides is 1. The minimum Gasteiger partial charge on any atom is -0.493 e. The Labute approximate surface area is 237 Å². The van der Waals surface area contributed by atoms with Gasteiger partial charge in [-0.05, 0) is 105 Å². The molecule has 6 nitrogen and oxygen atoms in total. The maximum absolute atomic E-state index is 12.7. The summed E-state index contributed by atoms with van der Waals surface area (Å²) in [5.74, 6) is 0.747. The number of aromatic amines is 1. The summed E-state index contributed by atoms with van der Waals surface area (Å²) in [6.07, 6.45) is 4.18. The van der Waals surface area contributed by atoms with E-state index in [1.807, 2.05) is 66.9 Å². The Morgan fingerprint density at radius 3 is 2.67 bits per heavy atom. The van der Waals surface area contributed by atoms with Gasteiger partial charge in [-0.2, -0.15) is 5.26 Å². The molecule has 0 atom stereocenters. The monoisotopic (exact) mass is 703 g/mol. The molecule has 0 saturated heterocycles. The molecule has 36 heavy (non-hydrogen) atoms. The second kappa shape index (κ2) is 12.3. The van der Waals surface area contributed by atoms with Crippen LogP contribution in [0.4, 0.5) is 0 Å². The van der Waals surface area contributed by atoms with E-state index in [1.165, 1.54) is 0 Å². The summed E-state index contributed by atoms with van der Waals surface area (Å²) < 4.78 is 13.6. The molecule has 4 aromatic rings. The number of nitrogens with one attached hydrogen (secondary N) is 2. The van der Waals surface area contributed by atoms with Gasteiger partial charge in [0.05, 0.1) is 10.7 Å². The minimum absolute atomic E-state index is 0.0272. The van der Waals surface area contributed by atoms with Crippen LogP contribution < -0.4 is 14.8 Å². The fraction of sp³-hybridized carbons (Fsp3) is 0.143. The fourth-order valence-corrected chi connectivity index (χ4v) is 4.90. The van der Waals surface area contributed by atoms with Gasteiger partial charge in [0.2, 0.25) is 0 Å². The number of rotatable bonds is 9. The van der Waals surface area contributed by atoms with Gasteiger partial charge < -0.3 is 19.8 Å². The third kappa shape index (κ3) is 6.39. The molecule has 182 valence electrons. The van der Waals surface area contributed by atoms with E-state index >= 15 is 0 Å². The van der Waals surface area contributed by atoms with Crippen molar-refractivity contribution >= 4 is 68.1 Å². The Hall–Kier alpha value is -3.04. The highest BCUT2D eigenvalue weighted by atomic mass is 127. The molecule has 1 aromatic heterocycles. The average molecular weight is 703 g/mol. The molecule has 2 N–H and O–H groups in total. The van der Waals surface area contributed by atoms with Crippen LogP contribution in [0.2, 0.25) is 0 Å². The van der Waals surface area contributed by atoms with Crippen LogP contribution in [0.15, 0.2) is 72.4 Å². The number of para-hydroxylation sites is 1. The highest BCUT2D eigenvalue weighted by Crippen LogP contribution is 2.35. The van der Waals surface area contributed by atoms with Gasteiger partial charge in [0.1, 0.15) is 18.2 Å². The van der Waals surface area contributed by atoms with Crippen LogP contribution in [-0.2, 0) is 17.8 Å². The van der Waals surface area contributed by atoms with E-state index in [4.69, 9.17) is 9.47 Å². The Balaban J connectivity index is 1.43. The van der Waals surface area contributed by atoms with Crippen molar-refractivity contribution in [1.82, 2.24) is 10.3 Å². The first-order chi connectivity index (χ1) is 17.5. The Bertz CT molecular complexity index is 1450. The molecule has 0 saturated carbocycles. The molecule has 0 fully saturated rings. The largest absolute Gasteiger partial charge is 0.493 e. The molecule has 0 spiro atoms. The zero-order valence-corrected chi connectivity index (χ0v) is 23.8. The van der Waals surface area contributed by atoms with Crippen molar-refractivity contribution in [2.24, 2.45) is 0 Å². The van der Waals surface area contributed by atoms with Gasteiger partial charge in [0.25, 0.3) is 5.91 Å². The molecule has 0 unspecified atom stereocenters. The topological polar surface area (TPSA) is 87.1 Å². The van der Waals surface area contributed by atoms with E-state index in [2.05, 4.69) is 55.5 Å². The summed E-state index contributed by atoms with van der Waals surface area (Å²) in [7, 11) is 1.57. The SMILES string of the molecule is COc1cc(/C=C(/C#N)C(=O)NCCc2c[nH]c3ccccc23)cc(I)c1OCc1ccc(I)cc1. The van der Waals surface area contributed by atoms with Crippen molar-refractivity contribution in [2.45, 2.75) is 13.0 Å². The first-order valence-corrected chi connectivity index (χ1v) is 13.3. The fourth-order valence-electron chi connectivity index (χ4n) is 3.76. The smallest absolute Gasteiger partial charge is 0.261 e. The van der Waals surface area contributed by atoms with Gasteiger partial charge in [-0.25, -0.2) is 0 Å². The molecule has 3 aromatic carbocycles. The van der Waals surface area contributed by atoms with Crippen LogP contribution in [0.3, 0.4) is 0 Å². The van der Waals surface area contributed by atoms with E-state index in [9.17, 15) is 10.1 Å². The van der Waals surface area contributed by atoms with E-state index in [0.717, 1.165) is 29.2 Å². The average Bonchev–Trinajstić information content (AvgIpc) is 3.30. The molecule has 0 aliphatic heterocycles. The molecule has 8 heteroatoms. The van der Waals surface area contributed by atoms with Crippen molar-refractivity contribution in [2.75, 3.05) is 13.7 Å². The first kappa shape index (κ1) is 26.0. The van der Waals surface area contributed by atoms with Crippen molar-refractivity contribution in [3.63, 3.8) is 0 Å². The third-order valence-electron chi connectivity index (χ3n) is 5.58. The Morgan fingerprint density at radius 1 is 1.14 bits per heavy atom. The summed E-state index contributed by atoms with van der Waals surface area (Å²) in [4.78, 5) is 15.9. The number of hydrogen-bond acceptors (Lipinski definition) is 4. The number of carbonyl (C=O) groups excluding carboxylic acids is 1. The van der Waals surface area contributed by atoms with E-state index < -0.39 is 5.91 Å². The molecule has 0 radical (unpaired) electrons. The van der Waals surface area contributed by atoms with Crippen LogP contribution in [-0.4, -0.2) is 24.5 Å². The summed E-state index contributed by atoms with van der Waals surface area (Å²) in [6.45, 7) is 0.826. The summed E-state index contributed by atoms with van der Waals surface area (Å²) in [5, 5.41) is 13.6. The van der Waals surface area contributed by atoms with Crippen LogP contribution in [0, 0.1) is 18.5 Å². The molecule has 0 aliphatic carbocycles. The number of fused-ring (bicyclic) bond motifs is 1. The Morgan fingerprint density at radius 2 is 1.92 bits per heavy atom. The molecule has 4 rings (SSSR count). The van der Waals surface area contributed by atoms with Crippen molar-refractivity contribution in [3.8, 4) is 17.6 Å². The normalized spacial score (nSPS) is 11.2. The van der Waals surface area contributed by atoms with E-state index in [0.29, 0.717) is 36.6 Å². The van der Waals surface area contributed by atoms with Crippen LogP contribution in [0.5, 0.6) is 11.5 Å². The number of aromatic nitrogens is 1. The maximum atomic E-state index is 12.7. The van der Waals surface area contributed by atoms with Gasteiger partial charge in [0, 0.05) is 27.2 Å². The number of nitriles is 1. The number of ether oxygens (including phenoxy) is 2. The maximum Gasteiger partial charge on any atom is 0.261 e. The lowest BCUT2D eigenvalue weighted by molar-refractivity contribution is -0.117. The van der Waals surface area contributed by atoms with Crippen molar-refractivity contribution in [1.29, 1.82) is 5.26 Å². The molecule has 1 heterocycles. The molecule has 1 amide bonds. The minimum atomic E-state index is -0.412. The number of H-pyrrole nitrogens is 1. The highest BCUT2D eigenvalue weighted by molar-refractivity contribution is 14.1. The first-order valence-electron chi connectivity index (χ1n) is 11.2. The van der Waals surface area contributed by atoms with Gasteiger partial charge in [-0.15, -0.1) is 0 Å². The van der Waals surface area contributed by atoms with Gasteiger partial charge in [0.15, 0.2) is 11.5 Å². The number of methoxy groups -OCH3 is 1. The predicted molar refractivity (Wildman–Crippen MR) is 158 cm³/mol. The Kier molecular flexibility index (Phi) is 8.88. The van der Waals surface area contributed by atoms with Gasteiger partial charge in [-0.3, -0.25) is 4.79 Å². The molecule has 0 bridgehead atoms. The third-order valence-corrected chi connectivity index (χ3v) is 7.10. The van der Waals surface area contributed by atoms with Gasteiger partial charge in [-0.1, -0.05) is 30.3 Å². The highest BCUT2D eigenvalue weighted by Gasteiger charge is 2.14. The number of hydrogen-bond donors (Lipinski definition) is 2. The lowest BCUT2D eigenvalue weighted by Crippen LogP contribution is -2.26. The van der Waals surface area contributed by atoms with E-state index in [1.54, 1.807) is 19.3 Å². The zero-order valence-electron chi connectivity index (χ0n) is 19.5. The van der Waals surface area contributed by atoms with Crippen molar-refractivity contribution < 1.29 is 14.3 Å². The van der Waals surface area contributed by atoms with Gasteiger partial charge >= 0.3 is 0 Å². The lowest BCUT2D eigenvalue weighted by Gasteiger charge is -2.14. The van der Waals surface area contributed by atoms with Crippen LogP contribution in [0.25, 0.3) is 17.0 Å². The second-order valence-corrected chi connectivity index (χ2v) is 10.4. The number of benzene rings is 3. The molecular weight excluding hydrogens is 680 g/mol. The predicted octanol–water partition coefficient (Wildman–Crippen LogP) is 6.23. The van der Waals surface area contributed by atoms with Crippen LogP contribution in [0.1, 0.15) is 16.7 Å². The lowest BCUT2D eigenvalue weighted by atomic mass is 10.1. The number of nitrogens with zero attached hydrogens (tertiary/aromatic N) is 1.